The van der Waals surface area contributed by atoms with Crippen molar-refractivity contribution in [2.45, 2.75) is 18.0 Å². The Balaban J connectivity index is 1.23. The summed E-state index contributed by atoms with van der Waals surface area (Å²) in [5.74, 6) is 0.237. The first-order valence-corrected chi connectivity index (χ1v) is 12.4. The molecule has 0 saturated heterocycles. The predicted octanol–water partition coefficient (Wildman–Crippen LogP) is 6.73. The van der Waals surface area contributed by atoms with Gasteiger partial charge < -0.3 is 10.3 Å². The summed E-state index contributed by atoms with van der Waals surface area (Å²) in [6, 6.07) is 30.8. The first-order valence-electron chi connectivity index (χ1n) is 11.4. The summed E-state index contributed by atoms with van der Waals surface area (Å²) in [7, 11) is 0. The molecule has 1 aromatic heterocycles. The number of benzene rings is 4. The second-order valence-electron chi connectivity index (χ2n) is 8.45. The maximum Gasteiger partial charge on any atom is 0.234 e. The van der Waals surface area contributed by atoms with Crippen LogP contribution in [0.5, 0.6) is 0 Å². The molecule has 0 bridgehead atoms. The lowest BCUT2D eigenvalue weighted by Crippen LogP contribution is -2.14. The molecule has 0 saturated carbocycles. The van der Waals surface area contributed by atoms with Gasteiger partial charge in [0, 0.05) is 22.2 Å². The lowest BCUT2D eigenvalue weighted by Gasteiger charge is -2.10. The number of nitrogens with zero attached hydrogens (tertiary/aromatic N) is 1. The van der Waals surface area contributed by atoms with Crippen molar-refractivity contribution >= 4 is 34.1 Å². The Hall–Kier alpha value is -3.83. The molecule has 0 spiro atoms. The molecule has 0 aliphatic heterocycles. The number of hydrogen-bond donors (Lipinski definition) is 2. The van der Waals surface area contributed by atoms with Crippen molar-refractivity contribution in [1.82, 2.24) is 9.97 Å². The van der Waals surface area contributed by atoms with E-state index in [0.29, 0.717) is 0 Å². The standard InChI is InChI=1S/C29H23N3OS/c33-25(30-24-17-16-20-15-14-19-12-7-13-23(24)26(19)20)18-34-29-31-27(21-8-3-1-4-9-21)28(32-29)22-10-5-2-6-11-22/h1-13,16-17H,14-15,18H2,(H,30,33)(H,31,32). The van der Waals surface area contributed by atoms with Gasteiger partial charge in [-0.25, -0.2) is 4.98 Å². The van der Waals surface area contributed by atoms with Crippen LogP contribution in [0.2, 0.25) is 0 Å². The summed E-state index contributed by atoms with van der Waals surface area (Å²) in [5, 5.41) is 6.28. The number of carbonyl (C=O) groups excluding carboxylic acids is 1. The van der Waals surface area contributed by atoms with Crippen molar-refractivity contribution < 1.29 is 4.79 Å². The highest BCUT2D eigenvalue weighted by molar-refractivity contribution is 7.99. The first-order chi connectivity index (χ1) is 16.8. The van der Waals surface area contributed by atoms with E-state index in [1.807, 2.05) is 42.5 Å². The molecular weight excluding hydrogens is 438 g/mol. The molecule has 1 heterocycles. The average Bonchev–Trinajstić information content (AvgIpc) is 3.51. The maximum atomic E-state index is 12.9. The van der Waals surface area contributed by atoms with Crippen molar-refractivity contribution in [3.63, 3.8) is 0 Å². The zero-order chi connectivity index (χ0) is 22.9. The van der Waals surface area contributed by atoms with Crippen molar-refractivity contribution in [3.05, 3.63) is 102 Å². The van der Waals surface area contributed by atoms with Gasteiger partial charge in [-0.2, -0.15) is 0 Å². The monoisotopic (exact) mass is 461 g/mol. The number of aryl methyl sites for hydroxylation is 2. The van der Waals surface area contributed by atoms with Gasteiger partial charge in [0.1, 0.15) is 0 Å². The highest BCUT2D eigenvalue weighted by Crippen LogP contribution is 2.36. The Morgan fingerprint density at radius 2 is 1.53 bits per heavy atom. The number of hydrogen-bond acceptors (Lipinski definition) is 3. The topological polar surface area (TPSA) is 57.8 Å². The van der Waals surface area contributed by atoms with E-state index < -0.39 is 0 Å². The van der Waals surface area contributed by atoms with Crippen molar-refractivity contribution in [2.75, 3.05) is 11.1 Å². The molecular formula is C29H23N3OS. The third-order valence-corrected chi connectivity index (χ3v) is 7.16. The van der Waals surface area contributed by atoms with E-state index in [2.05, 4.69) is 58.8 Å². The number of thioether (sulfide) groups is 1. The van der Waals surface area contributed by atoms with Crippen LogP contribution in [0.15, 0.2) is 96.2 Å². The summed E-state index contributed by atoms with van der Waals surface area (Å²) in [4.78, 5) is 21.2. The van der Waals surface area contributed by atoms with E-state index in [0.717, 1.165) is 51.6 Å². The second-order valence-corrected chi connectivity index (χ2v) is 9.41. The Morgan fingerprint density at radius 1 is 0.824 bits per heavy atom. The molecule has 4 aromatic carbocycles. The number of rotatable bonds is 6. The van der Waals surface area contributed by atoms with Gasteiger partial charge in [0.15, 0.2) is 5.16 Å². The van der Waals surface area contributed by atoms with Crippen LogP contribution in [-0.4, -0.2) is 21.6 Å². The molecule has 5 heteroatoms. The van der Waals surface area contributed by atoms with Gasteiger partial charge in [0.05, 0.1) is 17.1 Å². The van der Waals surface area contributed by atoms with Crippen LogP contribution in [0, 0.1) is 0 Å². The third-order valence-electron chi connectivity index (χ3n) is 6.28. The molecule has 1 amide bonds. The van der Waals surface area contributed by atoms with Crippen molar-refractivity contribution in [1.29, 1.82) is 0 Å². The number of imidazole rings is 1. The summed E-state index contributed by atoms with van der Waals surface area (Å²) in [6.45, 7) is 0. The summed E-state index contributed by atoms with van der Waals surface area (Å²) in [6.07, 6.45) is 2.15. The van der Waals surface area contributed by atoms with Crippen molar-refractivity contribution in [3.8, 4) is 22.5 Å². The van der Waals surface area contributed by atoms with Crippen LogP contribution in [0.3, 0.4) is 0 Å². The molecule has 34 heavy (non-hydrogen) atoms. The van der Waals surface area contributed by atoms with Crippen LogP contribution in [0.1, 0.15) is 11.1 Å². The normalized spacial score (nSPS) is 12.2. The number of aromatic nitrogens is 2. The van der Waals surface area contributed by atoms with Crippen LogP contribution in [0.25, 0.3) is 33.3 Å². The molecule has 166 valence electrons. The molecule has 0 unspecified atom stereocenters. The molecule has 0 atom stereocenters. The minimum atomic E-state index is -0.0392. The first kappa shape index (κ1) is 20.8. The van der Waals surface area contributed by atoms with Gasteiger partial charge in [-0.3, -0.25) is 4.79 Å². The SMILES string of the molecule is O=C(CSc1nc(-c2ccccc2)c(-c2ccccc2)[nH]1)Nc1ccc2c3c(cccc13)CC2. The molecule has 0 fully saturated rings. The Bertz CT molecular complexity index is 1430. The maximum absolute atomic E-state index is 12.9. The summed E-state index contributed by atoms with van der Waals surface area (Å²) < 4.78 is 0. The van der Waals surface area contributed by atoms with E-state index in [-0.39, 0.29) is 11.7 Å². The quantitative estimate of drug-likeness (QED) is 0.276. The Kier molecular flexibility index (Phi) is 5.40. The second kappa shape index (κ2) is 8.84. The van der Waals surface area contributed by atoms with Gasteiger partial charge in [-0.15, -0.1) is 0 Å². The highest BCUT2D eigenvalue weighted by Gasteiger charge is 2.18. The van der Waals surface area contributed by atoms with Gasteiger partial charge in [-0.05, 0) is 35.4 Å². The average molecular weight is 462 g/mol. The fourth-order valence-corrected chi connectivity index (χ4v) is 5.38. The minimum absolute atomic E-state index is 0.0392. The fourth-order valence-electron chi connectivity index (χ4n) is 4.71. The Morgan fingerprint density at radius 3 is 2.29 bits per heavy atom. The molecule has 5 aromatic rings. The number of anilines is 1. The number of nitrogens with one attached hydrogen (secondary N) is 2. The van der Waals surface area contributed by atoms with Gasteiger partial charge >= 0.3 is 0 Å². The van der Waals surface area contributed by atoms with E-state index in [4.69, 9.17) is 4.98 Å². The van der Waals surface area contributed by atoms with Crippen molar-refractivity contribution in [2.24, 2.45) is 0 Å². The predicted molar refractivity (Wildman–Crippen MR) is 140 cm³/mol. The number of carbonyl (C=O) groups is 1. The number of amides is 1. The van der Waals surface area contributed by atoms with Gasteiger partial charge in [0.25, 0.3) is 0 Å². The minimum Gasteiger partial charge on any atom is -0.332 e. The Labute approximate surface area is 202 Å². The lowest BCUT2D eigenvalue weighted by molar-refractivity contribution is -0.113. The molecule has 4 nitrogen and oxygen atoms in total. The molecule has 2 N–H and O–H groups in total. The van der Waals surface area contributed by atoms with Crippen LogP contribution in [0.4, 0.5) is 5.69 Å². The molecule has 1 aliphatic carbocycles. The van der Waals surface area contributed by atoms with Crippen LogP contribution < -0.4 is 5.32 Å². The van der Waals surface area contributed by atoms with E-state index in [1.165, 1.54) is 28.3 Å². The highest BCUT2D eigenvalue weighted by atomic mass is 32.2. The van der Waals surface area contributed by atoms with Gasteiger partial charge in [0.2, 0.25) is 5.91 Å². The molecule has 6 rings (SSSR count). The van der Waals surface area contributed by atoms with Gasteiger partial charge in [-0.1, -0.05) is 96.7 Å². The van der Waals surface area contributed by atoms with Crippen LogP contribution in [-0.2, 0) is 17.6 Å². The molecule has 0 radical (unpaired) electrons. The van der Waals surface area contributed by atoms with E-state index in [9.17, 15) is 4.79 Å². The summed E-state index contributed by atoms with van der Waals surface area (Å²) >= 11 is 1.42. The molecule has 1 aliphatic rings. The number of H-pyrrole nitrogens is 1. The largest absolute Gasteiger partial charge is 0.332 e. The fraction of sp³-hybridized carbons (Fsp3) is 0.103. The lowest BCUT2D eigenvalue weighted by atomic mass is 10.0. The van der Waals surface area contributed by atoms with E-state index >= 15 is 0 Å². The summed E-state index contributed by atoms with van der Waals surface area (Å²) in [5.41, 5.74) is 7.58. The number of aromatic amines is 1. The zero-order valence-electron chi connectivity index (χ0n) is 18.5. The third kappa shape index (κ3) is 3.88. The smallest absolute Gasteiger partial charge is 0.234 e. The van der Waals surface area contributed by atoms with E-state index in [1.54, 1.807) is 0 Å². The zero-order valence-corrected chi connectivity index (χ0v) is 19.4. The van der Waals surface area contributed by atoms with Crippen LogP contribution >= 0.6 is 11.8 Å².